The fourth-order valence-corrected chi connectivity index (χ4v) is 6.05. The standard InChI is InChI=1S/C22H28N2O2/c25-20(18-3-4-18)24-19-5-1-14(2-6-19)13-23-21(26)22-10-15-7-16(11-22)9-17(8-15)12-22/h1-2,5-6,15-18H,3-4,7-13H2,(H,23,26)(H,24,25). The van der Waals surface area contributed by atoms with Crippen molar-refractivity contribution < 1.29 is 9.59 Å². The molecule has 1 aromatic rings. The normalized spacial score (nSPS) is 34.5. The molecule has 4 heteroatoms. The van der Waals surface area contributed by atoms with Crippen LogP contribution in [0.3, 0.4) is 0 Å². The number of anilines is 1. The van der Waals surface area contributed by atoms with Gasteiger partial charge in [-0.1, -0.05) is 12.1 Å². The zero-order valence-corrected chi connectivity index (χ0v) is 15.3. The minimum Gasteiger partial charge on any atom is -0.352 e. The Labute approximate surface area is 155 Å². The predicted octanol–water partition coefficient (Wildman–Crippen LogP) is 3.87. The zero-order valence-electron chi connectivity index (χ0n) is 15.3. The molecule has 5 aliphatic rings. The van der Waals surface area contributed by atoms with Gasteiger partial charge in [0, 0.05) is 23.6 Å². The van der Waals surface area contributed by atoms with Gasteiger partial charge in [0.05, 0.1) is 0 Å². The molecule has 26 heavy (non-hydrogen) atoms. The predicted molar refractivity (Wildman–Crippen MR) is 100 cm³/mol. The van der Waals surface area contributed by atoms with E-state index in [0.717, 1.165) is 61.1 Å². The number of amides is 2. The first-order valence-corrected chi connectivity index (χ1v) is 10.3. The monoisotopic (exact) mass is 352 g/mol. The van der Waals surface area contributed by atoms with Crippen LogP contribution in [0.2, 0.25) is 0 Å². The maximum absolute atomic E-state index is 13.0. The van der Waals surface area contributed by atoms with Crippen LogP contribution in [0.15, 0.2) is 24.3 Å². The van der Waals surface area contributed by atoms with Crippen LogP contribution in [-0.4, -0.2) is 11.8 Å². The molecule has 5 saturated carbocycles. The average molecular weight is 352 g/mol. The smallest absolute Gasteiger partial charge is 0.227 e. The second-order valence-corrected chi connectivity index (χ2v) is 9.34. The fraction of sp³-hybridized carbons (Fsp3) is 0.636. The van der Waals surface area contributed by atoms with Crippen molar-refractivity contribution in [2.75, 3.05) is 5.32 Å². The van der Waals surface area contributed by atoms with Crippen molar-refractivity contribution in [2.45, 2.75) is 57.9 Å². The summed E-state index contributed by atoms with van der Waals surface area (Å²) in [5, 5.41) is 6.18. The molecule has 0 heterocycles. The van der Waals surface area contributed by atoms with Crippen LogP contribution in [0.4, 0.5) is 5.69 Å². The minimum absolute atomic E-state index is 0.0765. The molecule has 5 fully saturated rings. The molecule has 1 aromatic carbocycles. The molecule has 0 unspecified atom stereocenters. The first-order valence-electron chi connectivity index (χ1n) is 10.3. The van der Waals surface area contributed by atoms with Crippen molar-refractivity contribution in [2.24, 2.45) is 29.1 Å². The largest absolute Gasteiger partial charge is 0.352 e. The summed E-state index contributed by atoms with van der Waals surface area (Å²) < 4.78 is 0. The molecule has 0 saturated heterocycles. The van der Waals surface area contributed by atoms with E-state index in [2.05, 4.69) is 10.6 Å². The third kappa shape index (κ3) is 3.04. The Morgan fingerprint density at radius 1 is 0.923 bits per heavy atom. The van der Waals surface area contributed by atoms with E-state index in [1.165, 1.54) is 19.3 Å². The Morgan fingerprint density at radius 3 is 2.04 bits per heavy atom. The molecule has 5 aliphatic carbocycles. The van der Waals surface area contributed by atoms with Crippen molar-refractivity contribution in [1.29, 1.82) is 0 Å². The Bertz CT molecular complexity index is 685. The molecular formula is C22H28N2O2. The SMILES string of the molecule is O=C(Nc1ccc(CNC(=O)C23CC4CC(CC(C4)C2)C3)cc1)C1CC1. The van der Waals surface area contributed by atoms with Gasteiger partial charge in [-0.2, -0.15) is 0 Å². The van der Waals surface area contributed by atoms with Gasteiger partial charge in [-0.15, -0.1) is 0 Å². The van der Waals surface area contributed by atoms with Crippen LogP contribution in [0.5, 0.6) is 0 Å². The highest BCUT2D eigenvalue weighted by molar-refractivity contribution is 5.94. The number of carbonyl (C=O) groups excluding carboxylic acids is 2. The van der Waals surface area contributed by atoms with Crippen LogP contribution < -0.4 is 10.6 Å². The van der Waals surface area contributed by atoms with E-state index in [-0.39, 0.29) is 23.1 Å². The Balaban J connectivity index is 1.18. The molecule has 0 radical (unpaired) electrons. The topological polar surface area (TPSA) is 58.2 Å². The van der Waals surface area contributed by atoms with Crippen LogP contribution in [0, 0.1) is 29.1 Å². The third-order valence-corrected chi connectivity index (χ3v) is 7.14. The van der Waals surface area contributed by atoms with Gasteiger partial charge in [0.15, 0.2) is 0 Å². The van der Waals surface area contributed by atoms with Crippen molar-refractivity contribution >= 4 is 17.5 Å². The number of carbonyl (C=O) groups is 2. The van der Waals surface area contributed by atoms with Crippen molar-refractivity contribution in [3.63, 3.8) is 0 Å². The van der Waals surface area contributed by atoms with E-state index in [1.54, 1.807) is 0 Å². The number of benzene rings is 1. The average Bonchev–Trinajstić information content (AvgIpc) is 3.45. The van der Waals surface area contributed by atoms with Gasteiger partial charge in [0.2, 0.25) is 11.8 Å². The summed E-state index contributed by atoms with van der Waals surface area (Å²) in [5.74, 6) is 3.01. The first-order chi connectivity index (χ1) is 12.6. The summed E-state index contributed by atoms with van der Waals surface area (Å²) in [4.78, 5) is 24.8. The van der Waals surface area contributed by atoms with Crippen LogP contribution in [0.1, 0.15) is 56.9 Å². The fourth-order valence-electron chi connectivity index (χ4n) is 6.05. The Kier molecular flexibility index (Phi) is 3.84. The minimum atomic E-state index is -0.0765. The van der Waals surface area contributed by atoms with E-state index in [1.807, 2.05) is 24.3 Å². The van der Waals surface area contributed by atoms with Crippen molar-refractivity contribution in [3.05, 3.63) is 29.8 Å². The summed E-state index contributed by atoms with van der Waals surface area (Å²) in [6, 6.07) is 7.88. The van der Waals surface area contributed by atoms with Crippen LogP contribution in [0.25, 0.3) is 0 Å². The van der Waals surface area contributed by atoms with E-state index in [4.69, 9.17) is 0 Å². The van der Waals surface area contributed by atoms with Gasteiger partial charge in [0.25, 0.3) is 0 Å². The second kappa shape index (κ2) is 6.11. The number of hydrogen-bond acceptors (Lipinski definition) is 2. The van der Waals surface area contributed by atoms with Crippen LogP contribution >= 0.6 is 0 Å². The molecule has 138 valence electrons. The summed E-state index contributed by atoms with van der Waals surface area (Å²) in [6.07, 6.45) is 9.44. The van der Waals surface area contributed by atoms with Crippen LogP contribution in [-0.2, 0) is 16.1 Å². The van der Waals surface area contributed by atoms with Gasteiger partial charge in [-0.3, -0.25) is 9.59 Å². The molecule has 0 aromatic heterocycles. The molecule has 4 bridgehead atoms. The molecule has 2 amide bonds. The van der Waals surface area contributed by atoms with Gasteiger partial charge < -0.3 is 10.6 Å². The molecule has 2 N–H and O–H groups in total. The zero-order chi connectivity index (χ0) is 17.7. The molecule has 6 rings (SSSR count). The van der Waals surface area contributed by atoms with E-state index >= 15 is 0 Å². The lowest BCUT2D eigenvalue weighted by Crippen LogP contribution is -2.53. The molecular weight excluding hydrogens is 324 g/mol. The molecule has 0 spiro atoms. The first kappa shape index (κ1) is 16.3. The summed E-state index contributed by atoms with van der Waals surface area (Å²) in [7, 11) is 0. The van der Waals surface area contributed by atoms with Gasteiger partial charge in [-0.25, -0.2) is 0 Å². The van der Waals surface area contributed by atoms with Gasteiger partial charge in [0.1, 0.15) is 0 Å². The highest BCUT2D eigenvalue weighted by atomic mass is 16.2. The van der Waals surface area contributed by atoms with Crippen molar-refractivity contribution in [3.8, 4) is 0 Å². The Hall–Kier alpha value is -1.84. The second-order valence-electron chi connectivity index (χ2n) is 9.34. The Morgan fingerprint density at radius 2 is 1.50 bits per heavy atom. The summed E-state index contributed by atoms with van der Waals surface area (Å²) >= 11 is 0. The van der Waals surface area contributed by atoms with Gasteiger partial charge in [-0.05, 0) is 86.8 Å². The molecule has 0 aliphatic heterocycles. The van der Waals surface area contributed by atoms with E-state index < -0.39 is 0 Å². The van der Waals surface area contributed by atoms with Crippen molar-refractivity contribution in [1.82, 2.24) is 5.32 Å². The maximum atomic E-state index is 13.0. The highest BCUT2D eigenvalue weighted by Crippen LogP contribution is 2.60. The number of rotatable bonds is 5. The van der Waals surface area contributed by atoms with Gasteiger partial charge >= 0.3 is 0 Å². The van der Waals surface area contributed by atoms with E-state index in [0.29, 0.717) is 6.54 Å². The molecule has 0 atom stereocenters. The van der Waals surface area contributed by atoms with E-state index in [9.17, 15) is 9.59 Å². The number of nitrogens with one attached hydrogen (secondary N) is 2. The lowest BCUT2D eigenvalue weighted by molar-refractivity contribution is -0.146. The number of hydrogen-bond donors (Lipinski definition) is 2. The highest BCUT2D eigenvalue weighted by Gasteiger charge is 2.54. The quantitative estimate of drug-likeness (QED) is 0.845. The lowest BCUT2D eigenvalue weighted by atomic mass is 9.49. The molecule has 4 nitrogen and oxygen atoms in total. The lowest BCUT2D eigenvalue weighted by Gasteiger charge is -2.55. The summed E-state index contributed by atoms with van der Waals surface area (Å²) in [6.45, 7) is 0.581. The maximum Gasteiger partial charge on any atom is 0.227 e. The summed E-state index contributed by atoms with van der Waals surface area (Å²) in [5.41, 5.74) is 1.86. The third-order valence-electron chi connectivity index (χ3n) is 7.14.